The number of hydrogen-bond donors (Lipinski definition) is 1. The van der Waals surface area contributed by atoms with Crippen LogP contribution in [0.25, 0.3) is 0 Å². The first kappa shape index (κ1) is 17.9. The zero-order valence-corrected chi connectivity index (χ0v) is 14.0. The van der Waals surface area contributed by atoms with Gasteiger partial charge >= 0.3 is 0 Å². The molecule has 3 atom stereocenters. The van der Waals surface area contributed by atoms with Crippen molar-refractivity contribution in [3.63, 3.8) is 0 Å². The minimum atomic E-state index is 0.368. The Morgan fingerprint density at radius 2 is 1.85 bits per heavy atom. The van der Waals surface area contributed by atoms with Crippen LogP contribution in [0.3, 0.4) is 0 Å². The monoisotopic (exact) mass is 285 g/mol. The van der Waals surface area contributed by atoms with Gasteiger partial charge in [0.05, 0.1) is 6.10 Å². The molecule has 0 aliphatic heterocycles. The lowest BCUT2D eigenvalue weighted by Gasteiger charge is -2.39. The van der Waals surface area contributed by atoms with Gasteiger partial charge in [-0.15, -0.1) is 0 Å². The summed E-state index contributed by atoms with van der Waals surface area (Å²) in [4.78, 5) is 0. The molecule has 0 saturated heterocycles. The van der Waals surface area contributed by atoms with Gasteiger partial charge in [0.2, 0.25) is 0 Å². The summed E-state index contributed by atoms with van der Waals surface area (Å²) in [7, 11) is 1.79. The van der Waals surface area contributed by atoms with E-state index < -0.39 is 0 Å². The van der Waals surface area contributed by atoms with Gasteiger partial charge in [-0.25, -0.2) is 0 Å². The van der Waals surface area contributed by atoms with Crippen molar-refractivity contribution in [3.8, 4) is 0 Å². The first-order chi connectivity index (χ1) is 9.74. The van der Waals surface area contributed by atoms with Gasteiger partial charge in [0.15, 0.2) is 0 Å². The molecule has 3 nitrogen and oxygen atoms in total. The van der Waals surface area contributed by atoms with Crippen LogP contribution >= 0.6 is 0 Å². The van der Waals surface area contributed by atoms with Gasteiger partial charge in [-0.2, -0.15) is 0 Å². The van der Waals surface area contributed by atoms with Gasteiger partial charge in [0.25, 0.3) is 0 Å². The summed E-state index contributed by atoms with van der Waals surface area (Å²) >= 11 is 0. The third kappa shape index (κ3) is 5.71. The van der Waals surface area contributed by atoms with E-state index in [0.29, 0.717) is 18.1 Å². The number of ether oxygens (including phenoxy) is 2. The van der Waals surface area contributed by atoms with Gasteiger partial charge in [0.1, 0.15) is 0 Å². The fraction of sp³-hybridized carbons (Fsp3) is 1.00. The second-order valence-electron chi connectivity index (χ2n) is 6.16. The second-order valence-corrected chi connectivity index (χ2v) is 6.16. The third-order valence-electron chi connectivity index (χ3n) is 4.66. The molecule has 20 heavy (non-hydrogen) atoms. The van der Waals surface area contributed by atoms with E-state index in [1.165, 1.54) is 32.1 Å². The lowest BCUT2D eigenvalue weighted by Crippen LogP contribution is -2.50. The van der Waals surface area contributed by atoms with Crippen molar-refractivity contribution < 1.29 is 9.47 Å². The Morgan fingerprint density at radius 1 is 1.15 bits per heavy atom. The molecule has 0 amide bonds. The Bertz CT molecular complexity index is 229. The quantitative estimate of drug-likeness (QED) is 0.665. The van der Waals surface area contributed by atoms with Crippen molar-refractivity contribution in [2.24, 2.45) is 11.8 Å². The molecular formula is C17H35NO2. The molecule has 120 valence electrons. The van der Waals surface area contributed by atoms with Gasteiger partial charge in [0, 0.05) is 26.4 Å². The van der Waals surface area contributed by atoms with Crippen LogP contribution in [-0.2, 0) is 9.47 Å². The molecule has 3 unspecified atom stereocenters. The maximum Gasteiger partial charge on any atom is 0.0758 e. The Labute approximate surface area is 125 Å². The minimum Gasteiger partial charge on any atom is -0.385 e. The largest absolute Gasteiger partial charge is 0.385 e. The van der Waals surface area contributed by atoms with Crippen LogP contribution < -0.4 is 5.32 Å². The molecule has 0 bridgehead atoms. The topological polar surface area (TPSA) is 30.5 Å². The van der Waals surface area contributed by atoms with Gasteiger partial charge in [-0.1, -0.05) is 33.1 Å². The SMILES string of the molecule is CCNC(C(C)CCOC)C(OCC)C1CCCCC1. The standard InChI is InChI=1S/C17H35NO2/c1-5-18-16(14(3)12-13-19-4)17(20-6-2)15-10-8-7-9-11-15/h14-18H,5-13H2,1-4H3. The summed E-state index contributed by atoms with van der Waals surface area (Å²) in [5.74, 6) is 1.33. The molecule has 1 fully saturated rings. The van der Waals surface area contributed by atoms with Crippen LogP contribution in [0.2, 0.25) is 0 Å². The molecule has 3 heteroatoms. The lowest BCUT2D eigenvalue weighted by molar-refractivity contribution is -0.0319. The molecule has 1 aliphatic carbocycles. The zero-order chi connectivity index (χ0) is 14.8. The number of hydrogen-bond acceptors (Lipinski definition) is 3. The van der Waals surface area contributed by atoms with E-state index in [2.05, 4.69) is 26.1 Å². The van der Waals surface area contributed by atoms with E-state index in [9.17, 15) is 0 Å². The molecule has 1 N–H and O–H groups in total. The van der Waals surface area contributed by atoms with Crippen LogP contribution in [0, 0.1) is 11.8 Å². The van der Waals surface area contributed by atoms with Crippen molar-refractivity contribution in [1.29, 1.82) is 0 Å². The van der Waals surface area contributed by atoms with E-state index in [-0.39, 0.29) is 0 Å². The molecule has 0 radical (unpaired) electrons. The summed E-state index contributed by atoms with van der Waals surface area (Å²) in [6.45, 7) is 9.32. The van der Waals surface area contributed by atoms with Crippen LogP contribution in [0.5, 0.6) is 0 Å². The van der Waals surface area contributed by atoms with Crippen molar-refractivity contribution in [3.05, 3.63) is 0 Å². The maximum atomic E-state index is 6.19. The maximum absolute atomic E-state index is 6.19. The summed E-state index contributed by atoms with van der Waals surface area (Å²) in [6, 6.07) is 0.457. The van der Waals surface area contributed by atoms with Crippen LogP contribution in [0.4, 0.5) is 0 Å². The van der Waals surface area contributed by atoms with E-state index in [4.69, 9.17) is 9.47 Å². The number of nitrogens with one attached hydrogen (secondary N) is 1. The number of methoxy groups -OCH3 is 1. The van der Waals surface area contributed by atoms with Crippen molar-refractivity contribution >= 4 is 0 Å². The smallest absolute Gasteiger partial charge is 0.0758 e. The molecule has 0 aromatic rings. The summed E-state index contributed by atoms with van der Waals surface area (Å²) in [5.41, 5.74) is 0. The predicted octanol–water partition coefficient (Wildman–Crippen LogP) is 3.62. The van der Waals surface area contributed by atoms with Gasteiger partial charge in [-0.3, -0.25) is 0 Å². The Balaban J connectivity index is 2.69. The van der Waals surface area contributed by atoms with Crippen LogP contribution in [-0.4, -0.2) is 39.0 Å². The highest BCUT2D eigenvalue weighted by atomic mass is 16.5. The van der Waals surface area contributed by atoms with Crippen molar-refractivity contribution in [2.75, 3.05) is 26.9 Å². The molecule has 1 saturated carbocycles. The molecule has 1 rings (SSSR count). The summed E-state index contributed by atoms with van der Waals surface area (Å²) < 4.78 is 11.5. The highest BCUT2D eigenvalue weighted by molar-refractivity contribution is 4.88. The van der Waals surface area contributed by atoms with E-state index in [0.717, 1.165) is 32.1 Å². The predicted molar refractivity (Wildman–Crippen MR) is 85.1 cm³/mol. The van der Waals surface area contributed by atoms with Crippen molar-refractivity contribution in [1.82, 2.24) is 5.32 Å². The highest BCUT2D eigenvalue weighted by Gasteiger charge is 2.33. The summed E-state index contributed by atoms with van der Waals surface area (Å²) in [5, 5.41) is 3.69. The fourth-order valence-corrected chi connectivity index (χ4v) is 3.55. The van der Waals surface area contributed by atoms with Gasteiger partial charge < -0.3 is 14.8 Å². The van der Waals surface area contributed by atoms with E-state index >= 15 is 0 Å². The van der Waals surface area contributed by atoms with Gasteiger partial charge in [-0.05, 0) is 44.6 Å². The zero-order valence-electron chi connectivity index (χ0n) is 14.0. The van der Waals surface area contributed by atoms with E-state index in [1.807, 2.05) is 0 Å². The Kier molecular flexibility index (Phi) is 9.49. The fourth-order valence-electron chi connectivity index (χ4n) is 3.55. The molecular weight excluding hydrogens is 250 g/mol. The van der Waals surface area contributed by atoms with Crippen LogP contribution in [0.1, 0.15) is 59.3 Å². The van der Waals surface area contributed by atoms with Crippen LogP contribution in [0.15, 0.2) is 0 Å². The first-order valence-corrected chi connectivity index (χ1v) is 8.58. The first-order valence-electron chi connectivity index (χ1n) is 8.58. The highest BCUT2D eigenvalue weighted by Crippen LogP contribution is 2.31. The minimum absolute atomic E-state index is 0.368. The molecule has 0 heterocycles. The van der Waals surface area contributed by atoms with Crippen molar-refractivity contribution in [2.45, 2.75) is 71.4 Å². The Hall–Kier alpha value is -0.120. The number of likely N-dealkylation sites (N-methyl/N-ethyl adjacent to an activating group) is 1. The average molecular weight is 285 g/mol. The molecule has 0 aromatic heterocycles. The summed E-state index contributed by atoms with van der Waals surface area (Å²) in [6.07, 6.45) is 8.30. The average Bonchev–Trinajstić information content (AvgIpc) is 2.49. The Morgan fingerprint density at radius 3 is 2.40 bits per heavy atom. The molecule has 0 aromatic carbocycles. The number of rotatable bonds is 10. The third-order valence-corrected chi connectivity index (χ3v) is 4.66. The van der Waals surface area contributed by atoms with E-state index in [1.54, 1.807) is 7.11 Å². The molecule has 1 aliphatic rings. The normalized spacial score (nSPS) is 21.6. The molecule has 0 spiro atoms. The lowest BCUT2D eigenvalue weighted by atomic mass is 9.79. The second kappa shape index (κ2) is 10.6.